The number of aromatic nitrogens is 2. The van der Waals surface area contributed by atoms with E-state index in [1.165, 1.54) is 25.3 Å². The van der Waals surface area contributed by atoms with E-state index in [0.717, 1.165) is 16.6 Å². The predicted octanol–water partition coefficient (Wildman–Crippen LogP) is 3.73. The van der Waals surface area contributed by atoms with Gasteiger partial charge in [-0.15, -0.1) is 0 Å². The van der Waals surface area contributed by atoms with Crippen molar-refractivity contribution in [1.82, 2.24) is 10.2 Å². The van der Waals surface area contributed by atoms with Gasteiger partial charge in [-0.1, -0.05) is 6.42 Å². The van der Waals surface area contributed by atoms with E-state index in [9.17, 15) is 4.39 Å². The van der Waals surface area contributed by atoms with Crippen molar-refractivity contribution < 1.29 is 4.39 Å². The number of fused-ring (bicyclic) bond motifs is 1. The lowest BCUT2D eigenvalue weighted by molar-refractivity contribution is 0.413. The Labute approximate surface area is 95.0 Å². The first-order valence-corrected chi connectivity index (χ1v) is 5.88. The molecular formula is C11H10BrFN2. The number of H-pyrrole nitrogens is 1. The van der Waals surface area contributed by atoms with Gasteiger partial charge in [0.05, 0.1) is 9.99 Å². The molecule has 1 aliphatic carbocycles. The van der Waals surface area contributed by atoms with Crippen molar-refractivity contribution in [3.05, 3.63) is 28.1 Å². The fourth-order valence-corrected chi connectivity index (χ4v) is 2.38. The summed E-state index contributed by atoms with van der Waals surface area (Å²) in [6.45, 7) is 0. The van der Waals surface area contributed by atoms with Crippen molar-refractivity contribution in [2.75, 3.05) is 0 Å². The molecule has 4 heteroatoms. The third kappa shape index (κ3) is 1.39. The summed E-state index contributed by atoms with van der Waals surface area (Å²) in [6, 6.07) is 3.29. The quantitative estimate of drug-likeness (QED) is 0.839. The maximum Gasteiger partial charge on any atom is 0.139 e. The van der Waals surface area contributed by atoms with Crippen LogP contribution < -0.4 is 0 Å². The summed E-state index contributed by atoms with van der Waals surface area (Å²) in [5, 5.41) is 8.22. The highest BCUT2D eigenvalue weighted by Gasteiger charge is 2.23. The van der Waals surface area contributed by atoms with Gasteiger partial charge in [0, 0.05) is 23.1 Å². The molecule has 0 unspecified atom stereocenters. The summed E-state index contributed by atoms with van der Waals surface area (Å²) in [6.07, 6.45) is 3.71. The highest BCUT2D eigenvalue weighted by atomic mass is 79.9. The third-order valence-corrected chi connectivity index (χ3v) is 3.75. The topological polar surface area (TPSA) is 28.7 Å². The van der Waals surface area contributed by atoms with Gasteiger partial charge in [-0.3, -0.25) is 5.10 Å². The molecule has 3 rings (SSSR count). The van der Waals surface area contributed by atoms with E-state index in [4.69, 9.17) is 0 Å². The van der Waals surface area contributed by atoms with Crippen LogP contribution in [0.2, 0.25) is 0 Å². The lowest BCUT2D eigenvalue weighted by Crippen LogP contribution is -2.09. The van der Waals surface area contributed by atoms with Gasteiger partial charge in [0.1, 0.15) is 5.82 Å². The Morgan fingerprint density at radius 1 is 1.40 bits per heavy atom. The molecule has 0 radical (unpaired) electrons. The standard InChI is InChI=1S/C11H10BrFN2/c12-8-4-7-10(5-9(8)13)14-15-11(7)6-2-1-3-6/h4-6H,1-3H2,(H,14,15). The molecule has 1 aromatic heterocycles. The first-order chi connectivity index (χ1) is 7.25. The van der Waals surface area contributed by atoms with E-state index in [1.54, 1.807) is 0 Å². The van der Waals surface area contributed by atoms with Gasteiger partial charge in [0.25, 0.3) is 0 Å². The average molecular weight is 269 g/mol. The van der Waals surface area contributed by atoms with Gasteiger partial charge >= 0.3 is 0 Å². The van der Waals surface area contributed by atoms with E-state index in [2.05, 4.69) is 26.1 Å². The smallest absolute Gasteiger partial charge is 0.139 e. The maximum absolute atomic E-state index is 13.3. The number of benzene rings is 1. The fourth-order valence-electron chi connectivity index (χ4n) is 2.03. The summed E-state index contributed by atoms with van der Waals surface area (Å²) in [7, 11) is 0. The van der Waals surface area contributed by atoms with Crippen LogP contribution in [0.5, 0.6) is 0 Å². The average Bonchev–Trinajstić information content (AvgIpc) is 2.48. The number of hydrogen-bond acceptors (Lipinski definition) is 1. The molecule has 1 saturated carbocycles. The second-order valence-corrected chi connectivity index (χ2v) is 4.90. The molecule has 2 aromatic rings. The molecule has 0 atom stereocenters. The van der Waals surface area contributed by atoms with Crippen LogP contribution in [-0.4, -0.2) is 10.2 Å². The van der Waals surface area contributed by atoms with E-state index in [1.807, 2.05) is 6.07 Å². The largest absolute Gasteiger partial charge is 0.281 e. The number of nitrogens with zero attached hydrogens (tertiary/aromatic N) is 1. The highest BCUT2D eigenvalue weighted by molar-refractivity contribution is 9.10. The molecule has 1 fully saturated rings. The first-order valence-electron chi connectivity index (χ1n) is 5.09. The van der Waals surface area contributed by atoms with Crippen LogP contribution in [0, 0.1) is 5.82 Å². The molecule has 15 heavy (non-hydrogen) atoms. The Balaban J connectivity index is 2.19. The Morgan fingerprint density at radius 2 is 2.20 bits per heavy atom. The molecule has 0 aliphatic heterocycles. The zero-order valence-corrected chi connectivity index (χ0v) is 9.64. The highest BCUT2D eigenvalue weighted by Crippen LogP contribution is 2.39. The molecule has 2 nitrogen and oxygen atoms in total. The molecule has 1 aliphatic rings. The van der Waals surface area contributed by atoms with Gasteiger partial charge in [-0.05, 0) is 34.8 Å². The Hall–Kier alpha value is -0.900. The van der Waals surface area contributed by atoms with E-state index in [0.29, 0.717) is 10.4 Å². The zero-order chi connectivity index (χ0) is 10.4. The van der Waals surface area contributed by atoms with Gasteiger partial charge < -0.3 is 0 Å². The van der Waals surface area contributed by atoms with Crippen molar-refractivity contribution in [3.63, 3.8) is 0 Å². The number of halogens is 2. The van der Waals surface area contributed by atoms with Crippen LogP contribution >= 0.6 is 15.9 Å². The van der Waals surface area contributed by atoms with Crippen LogP contribution in [0.15, 0.2) is 16.6 Å². The van der Waals surface area contributed by atoms with Gasteiger partial charge in [-0.2, -0.15) is 5.10 Å². The lowest BCUT2D eigenvalue weighted by atomic mass is 9.82. The van der Waals surface area contributed by atoms with E-state index in [-0.39, 0.29) is 5.82 Å². The van der Waals surface area contributed by atoms with Crippen LogP contribution in [0.3, 0.4) is 0 Å². The van der Waals surface area contributed by atoms with Crippen LogP contribution in [0.25, 0.3) is 10.9 Å². The minimum atomic E-state index is -0.255. The first kappa shape index (κ1) is 9.33. The molecule has 1 heterocycles. The second kappa shape index (κ2) is 3.30. The Kier molecular flexibility index (Phi) is 2.06. The van der Waals surface area contributed by atoms with Crippen LogP contribution in [0.1, 0.15) is 30.9 Å². The van der Waals surface area contributed by atoms with Gasteiger partial charge in [-0.25, -0.2) is 4.39 Å². The molecule has 0 amide bonds. The summed E-state index contributed by atoms with van der Waals surface area (Å²) in [5.74, 6) is 0.335. The number of hydrogen-bond donors (Lipinski definition) is 1. The number of aromatic amines is 1. The number of nitrogens with one attached hydrogen (secondary N) is 1. The monoisotopic (exact) mass is 268 g/mol. The summed E-state index contributed by atoms with van der Waals surface area (Å²) in [4.78, 5) is 0. The van der Waals surface area contributed by atoms with Crippen molar-refractivity contribution in [3.8, 4) is 0 Å². The fraction of sp³-hybridized carbons (Fsp3) is 0.364. The summed E-state index contributed by atoms with van der Waals surface area (Å²) in [5.41, 5.74) is 1.88. The van der Waals surface area contributed by atoms with Crippen LogP contribution in [-0.2, 0) is 0 Å². The predicted molar refractivity (Wildman–Crippen MR) is 60.3 cm³/mol. The molecule has 78 valence electrons. The SMILES string of the molecule is Fc1cc2n[nH]c(C3CCC3)c2cc1Br. The molecule has 0 spiro atoms. The van der Waals surface area contributed by atoms with Crippen molar-refractivity contribution in [2.24, 2.45) is 0 Å². The summed E-state index contributed by atoms with van der Waals surface area (Å²) < 4.78 is 13.8. The minimum Gasteiger partial charge on any atom is -0.281 e. The molecule has 0 bridgehead atoms. The van der Waals surface area contributed by atoms with Crippen molar-refractivity contribution in [1.29, 1.82) is 0 Å². The Morgan fingerprint density at radius 3 is 2.87 bits per heavy atom. The number of rotatable bonds is 1. The molecule has 0 saturated heterocycles. The molecule has 1 N–H and O–H groups in total. The van der Waals surface area contributed by atoms with Crippen LogP contribution in [0.4, 0.5) is 4.39 Å². The van der Waals surface area contributed by atoms with E-state index < -0.39 is 0 Å². The zero-order valence-electron chi connectivity index (χ0n) is 8.06. The van der Waals surface area contributed by atoms with E-state index >= 15 is 0 Å². The third-order valence-electron chi connectivity index (χ3n) is 3.14. The molecule has 1 aromatic carbocycles. The van der Waals surface area contributed by atoms with Gasteiger partial charge in [0.15, 0.2) is 0 Å². The lowest BCUT2D eigenvalue weighted by Gasteiger charge is -2.24. The van der Waals surface area contributed by atoms with Gasteiger partial charge in [0.2, 0.25) is 0 Å². The van der Waals surface area contributed by atoms with Crippen molar-refractivity contribution >= 4 is 26.8 Å². The molecular weight excluding hydrogens is 259 g/mol. The normalized spacial score (nSPS) is 16.9. The maximum atomic E-state index is 13.3. The minimum absolute atomic E-state index is 0.255. The van der Waals surface area contributed by atoms with Crippen molar-refractivity contribution in [2.45, 2.75) is 25.2 Å². The second-order valence-electron chi connectivity index (χ2n) is 4.05. The summed E-state index contributed by atoms with van der Waals surface area (Å²) >= 11 is 3.21. The Bertz CT molecular complexity index is 517.